The van der Waals surface area contributed by atoms with Crippen molar-refractivity contribution in [3.05, 3.63) is 0 Å². The second kappa shape index (κ2) is 5.14. The molecule has 2 nitrogen and oxygen atoms in total. The molecule has 17 heavy (non-hydrogen) atoms. The van der Waals surface area contributed by atoms with Crippen LogP contribution in [-0.2, 0) is 0 Å². The van der Waals surface area contributed by atoms with Crippen LogP contribution in [0.1, 0.15) is 33.6 Å². The summed E-state index contributed by atoms with van der Waals surface area (Å²) < 4.78 is 38.7. The average Bonchev–Trinajstić information content (AvgIpc) is 2.59. The Labute approximate surface area is 101 Å². The van der Waals surface area contributed by atoms with Gasteiger partial charge in [-0.25, -0.2) is 0 Å². The quantitative estimate of drug-likeness (QED) is 0.836. The van der Waals surface area contributed by atoms with Crippen molar-refractivity contribution in [2.45, 2.75) is 45.8 Å². The van der Waals surface area contributed by atoms with E-state index in [1.165, 1.54) is 0 Å². The molecule has 1 saturated heterocycles. The number of hydrogen-bond donors (Lipinski definition) is 1. The van der Waals surface area contributed by atoms with Gasteiger partial charge in [-0.1, -0.05) is 20.8 Å². The van der Waals surface area contributed by atoms with E-state index in [0.717, 1.165) is 6.42 Å². The average molecular weight is 252 g/mol. The number of hydrogen-bond acceptors (Lipinski definition) is 2. The summed E-state index contributed by atoms with van der Waals surface area (Å²) in [4.78, 5) is 1.56. The van der Waals surface area contributed by atoms with Crippen molar-refractivity contribution in [3.8, 4) is 0 Å². The van der Waals surface area contributed by atoms with Crippen molar-refractivity contribution in [3.63, 3.8) is 0 Å². The number of halogens is 3. The van der Waals surface area contributed by atoms with Gasteiger partial charge in [-0.2, -0.15) is 13.2 Å². The molecule has 1 aliphatic heterocycles. The van der Waals surface area contributed by atoms with Crippen molar-refractivity contribution in [2.24, 2.45) is 17.1 Å². The summed E-state index contributed by atoms with van der Waals surface area (Å²) >= 11 is 0. The number of alkyl halides is 3. The largest absolute Gasteiger partial charge is 0.404 e. The fourth-order valence-electron chi connectivity index (χ4n) is 2.49. The third kappa shape index (κ3) is 3.85. The lowest BCUT2D eigenvalue weighted by atomic mass is 9.80. The van der Waals surface area contributed by atoms with Crippen LogP contribution in [0, 0.1) is 11.3 Å². The minimum Gasteiger partial charge on any atom is -0.330 e. The maximum absolute atomic E-state index is 12.9. The SMILES string of the molecule is CC(C)(C)C1CCN(C(CCN)C(F)(F)F)C1. The van der Waals surface area contributed by atoms with E-state index in [4.69, 9.17) is 5.73 Å². The summed E-state index contributed by atoms with van der Waals surface area (Å²) in [6.45, 7) is 7.42. The molecule has 0 aromatic carbocycles. The molecule has 5 heteroatoms. The van der Waals surface area contributed by atoms with Gasteiger partial charge in [0.1, 0.15) is 6.04 Å². The van der Waals surface area contributed by atoms with Crippen LogP contribution >= 0.6 is 0 Å². The van der Waals surface area contributed by atoms with E-state index in [0.29, 0.717) is 19.0 Å². The summed E-state index contributed by atoms with van der Waals surface area (Å²) in [5, 5.41) is 0. The van der Waals surface area contributed by atoms with E-state index in [1.807, 2.05) is 0 Å². The van der Waals surface area contributed by atoms with Gasteiger partial charge in [0, 0.05) is 6.54 Å². The van der Waals surface area contributed by atoms with Gasteiger partial charge >= 0.3 is 6.18 Å². The molecule has 2 atom stereocenters. The molecule has 0 aromatic rings. The van der Waals surface area contributed by atoms with Crippen molar-refractivity contribution < 1.29 is 13.2 Å². The van der Waals surface area contributed by atoms with E-state index in [2.05, 4.69) is 20.8 Å². The molecule has 0 aliphatic carbocycles. The van der Waals surface area contributed by atoms with Gasteiger partial charge in [-0.3, -0.25) is 4.90 Å². The smallest absolute Gasteiger partial charge is 0.330 e. The molecule has 0 aromatic heterocycles. The van der Waals surface area contributed by atoms with Gasteiger partial charge in [-0.15, -0.1) is 0 Å². The number of likely N-dealkylation sites (tertiary alicyclic amines) is 1. The predicted octanol–water partition coefficient (Wildman–Crippen LogP) is 2.63. The first-order valence-electron chi connectivity index (χ1n) is 6.17. The lowest BCUT2D eigenvalue weighted by molar-refractivity contribution is -0.182. The summed E-state index contributed by atoms with van der Waals surface area (Å²) in [6, 6.07) is -1.36. The molecular weight excluding hydrogens is 229 g/mol. The molecule has 0 spiro atoms. The normalized spacial score (nSPS) is 25.2. The summed E-state index contributed by atoms with van der Waals surface area (Å²) in [5.41, 5.74) is 5.36. The van der Waals surface area contributed by atoms with Gasteiger partial charge in [0.05, 0.1) is 0 Å². The lowest BCUT2D eigenvalue weighted by Crippen LogP contribution is -2.46. The summed E-state index contributed by atoms with van der Waals surface area (Å²) in [7, 11) is 0. The molecule has 0 radical (unpaired) electrons. The Kier molecular flexibility index (Phi) is 4.47. The van der Waals surface area contributed by atoms with Gasteiger partial charge < -0.3 is 5.73 Å². The van der Waals surface area contributed by atoms with Crippen molar-refractivity contribution in [1.29, 1.82) is 0 Å². The number of nitrogens with zero attached hydrogens (tertiary/aromatic N) is 1. The maximum atomic E-state index is 12.9. The first-order chi connectivity index (χ1) is 7.66. The van der Waals surface area contributed by atoms with Crippen LogP contribution in [-0.4, -0.2) is 36.8 Å². The zero-order valence-electron chi connectivity index (χ0n) is 10.8. The van der Waals surface area contributed by atoms with E-state index in [-0.39, 0.29) is 18.4 Å². The second-order valence-corrected chi connectivity index (χ2v) is 5.98. The van der Waals surface area contributed by atoms with E-state index in [1.54, 1.807) is 4.90 Å². The van der Waals surface area contributed by atoms with E-state index >= 15 is 0 Å². The number of rotatable bonds is 3. The third-order valence-electron chi connectivity index (χ3n) is 3.70. The highest BCUT2D eigenvalue weighted by Crippen LogP contribution is 2.37. The lowest BCUT2D eigenvalue weighted by Gasteiger charge is -2.31. The summed E-state index contributed by atoms with van der Waals surface area (Å²) in [6.07, 6.45) is -3.31. The van der Waals surface area contributed by atoms with Crippen LogP contribution in [0.4, 0.5) is 13.2 Å². The van der Waals surface area contributed by atoms with Crippen LogP contribution in [0.25, 0.3) is 0 Å². The van der Waals surface area contributed by atoms with Crippen molar-refractivity contribution >= 4 is 0 Å². The molecule has 1 fully saturated rings. The topological polar surface area (TPSA) is 29.3 Å². The zero-order chi connectivity index (χ0) is 13.3. The zero-order valence-corrected chi connectivity index (χ0v) is 10.8. The van der Waals surface area contributed by atoms with Crippen molar-refractivity contribution in [1.82, 2.24) is 4.90 Å². The highest BCUT2D eigenvalue weighted by Gasteiger charge is 2.46. The van der Waals surface area contributed by atoms with Gasteiger partial charge in [0.25, 0.3) is 0 Å². The molecule has 102 valence electrons. The van der Waals surface area contributed by atoms with Crippen LogP contribution in [0.15, 0.2) is 0 Å². The molecule has 0 amide bonds. The molecule has 0 bridgehead atoms. The highest BCUT2D eigenvalue weighted by atomic mass is 19.4. The molecule has 1 rings (SSSR count). The van der Waals surface area contributed by atoms with Crippen molar-refractivity contribution in [2.75, 3.05) is 19.6 Å². The van der Waals surface area contributed by atoms with E-state index < -0.39 is 12.2 Å². The first-order valence-corrected chi connectivity index (χ1v) is 6.17. The third-order valence-corrected chi connectivity index (χ3v) is 3.70. The maximum Gasteiger partial charge on any atom is 0.404 e. The van der Waals surface area contributed by atoms with Crippen LogP contribution in [0.3, 0.4) is 0 Å². The Bertz CT molecular complexity index is 245. The first kappa shape index (κ1) is 14.8. The van der Waals surface area contributed by atoms with Gasteiger partial charge in [-0.05, 0) is 37.3 Å². The fourth-order valence-corrected chi connectivity index (χ4v) is 2.49. The Morgan fingerprint density at radius 3 is 2.24 bits per heavy atom. The molecule has 0 saturated carbocycles. The summed E-state index contributed by atoms with van der Waals surface area (Å²) in [5.74, 6) is 0.338. The Morgan fingerprint density at radius 1 is 1.29 bits per heavy atom. The van der Waals surface area contributed by atoms with Crippen LogP contribution in [0.5, 0.6) is 0 Å². The van der Waals surface area contributed by atoms with Gasteiger partial charge in [0.2, 0.25) is 0 Å². The second-order valence-electron chi connectivity index (χ2n) is 5.98. The van der Waals surface area contributed by atoms with E-state index in [9.17, 15) is 13.2 Å². The number of nitrogens with two attached hydrogens (primary N) is 1. The molecule has 1 aliphatic rings. The van der Waals surface area contributed by atoms with Gasteiger partial charge in [0.15, 0.2) is 0 Å². The molecule has 2 unspecified atom stereocenters. The Hall–Kier alpha value is -0.290. The van der Waals surface area contributed by atoms with Crippen LogP contribution < -0.4 is 5.73 Å². The van der Waals surface area contributed by atoms with Crippen LogP contribution in [0.2, 0.25) is 0 Å². The monoisotopic (exact) mass is 252 g/mol. The molecule has 2 N–H and O–H groups in total. The minimum absolute atomic E-state index is 0.000360. The Balaban J connectivity index is 2.67. The standard InChI is InChI=1S/C12H23F3N2/c1-11(2,3)9-5-7-17(8-9)10(4-6-16)12(13,14)15/h9-10H,4-8,16H2,1-3H3. The minimum atomic E-state index is -4.16. The fraction of sp³-hybridized carbons (Fsp3) is 1.00. The molecular formula is C12H23F3N2. The Morgan fingerprint density at radius 2 is 1.88 bits per heavy atom. The molecule has 1 heterocycles. The highest BCUT2D eigenvalue weighted by molar-refractivity contribution is 4.89. The predicted molar refractivity (Wildman–Crippen MR) is 62.6 cm³/mol.